The van der Waals surface area contributed by atoms with Crippen LogP contribution in [0.3, 0.4) is 0 Å². The summed E-state index contributed by atoms with van der Waals surface area (Å²) in [6, 6.07) is 13.3. The average molecular weight is 534 g/mol. The Hall–Kier alpha value is -3.59. The van der Waals surface area contributed by atoms with Gasteiger partial charge in [-0.3, -0.25) is 14.4 Å². The summed E-state index contributed by atoms with van der Waals surface area (Å²) in [4.78, 5) is 45.2. The van der Waals surface area contributed by atoms with Crippen LogP contribution >= 0.6 is 0 Å². The zero-order valence-electron chi connectivity index (χ0n) is 22.8. The fourth-order valence-electron chi connectivity index (χ4n) is 5.74. The lowest BCUT2D eigenvalue weighted by Crippen LogP contribution is -2.49. The number of benzene rings is 2. The molecule has 2 heterocycles. The molecule has 2 aromatic carbocycles. The molecule has 39 heavy (non-hydrogen) atoms. The number of hydrogen-bond donors (Lipinski definition) is 2. The van der Waals surface area contributed by atoms with Crippen LogP contribution in [-0.4, -0.2) is 87.0 Å². The molecule has 0 atom stereocenters. The summed E-state index contributed by atoms with van der Waals surface area (Å²) < 4.78 is 5.21. The van der Waals surface area contributed by atoms with Crippen molar-refractivity contribution in [3.63, 3.8) is 0 Å². The van der Waals surface area contributed by atoms with Crippen LogP contribution in [0.4, 0.5) is 11.4 Å². The average Bonchev–Trinajstić information content (AvgIpc) is 3.53. The fourth-order valence-corrected chi connectivity index (χ4v) is 5.74. The molecule has 1 aliphatic carbocycles. The van der Waals surface area contributed by atoms with Gasteiger partial charge < -0.3 is 30.1 Å². The lowest BCUT2D eigenvalue weighted by Gasteiger charge is -2.37. The first-order valence-electron chi connectivity index (χ1n) is 14.1. The number of amides is 3. The summed E-state index contributed by atoms with van der Waals surface area (Å²) >= 11 is 0. The molecule has 0 unspecified atom stereocenters. The molecule has 0 bridgehead atoms. The molecule has 3 fully saturated rings. The molecule has 2 aliphatic heterocycles. The lowest BCUT2D eigenvalue weighted by molar-refractivity contribution is -0.130. The predicted molar refractivity (Wildman–Crippen MR) is 151 cm³/mol. The molecule has 2 saturated heterocycles. The molecule has 0 aromatic heterocycles. The van der Waals surface area contributed by atoms with Crippen molar-refractivity contribution in [3.05, 3.63) is 53.6 Å². The maximum atomic E-state index is 13.2. The van der Waals surface area contributed by atoms with E-state index in [4.69, 9.17) is 4.74 Å². The van der Waals surface area contributed by atoms with Crippen LogP contribution in [0.5, 0.6) is 5.75 Å². The SMILES string of the molecule is COc1ccc(CC(=O)N2CCN(c3ccc(C(=O)N4CCNCC4)cc3NC(=O)C3CCCC3)CC2)cc1. The van der Waals surface area contributed by atoms with Crippen molar-refractivity contribution in [2.24, 2.45) is 5.92 Å². The molecule has 9 heteroatoms. The number of hydrogen-bond acceptors (Lipinski definition) is 6. The highest BCUT2D eigenvalue weighted by atomic mass is 16.5. The Bertz CT molecular complexity index is 1160. The summed E-state index contributed by atoms with van der Waals surface area (Å²) in [6.45, 7) is 5.46. The van der Waals surface area contributed by atoms with Crippen molar-refractivity contribution in [2.75, 3.05) is 69.7 Å². The first-order valence-corrected chi connectivity index (χ1v) is 14.1. The van der Waals surface area contributed by atoms with Crippen LogP contribution in [0, 0.1) is 5.92 Å². The minimum Gasteiger partial charge on any atom is -0.497 e. The van der Waals surface area contributed by atoms with E-state index in [1.807, 2.05) is 52.3 Å². The van der Waals surface area contributed by atoms with Gasteiger partial charge >= 0.3 is 0 Å². The number of carbonyl (C=O) groups excluding carboxylic acids is 3. The van der Waals surface area contributed by atoms with Crippen molar-refractivity contribution in [2.45, 2.75) is 32.1 Å². The second-order valence-electron chi connectivity index (χ2n) is 10.6. The Morgan fingerprint density at radius 1 is 0.897 bits per heavy atom. The third kappa shape index (κ3) is 6.53. The number of nitrogens with one attached hydrogen (secondary N) is 2. The van der Waals surface area contributed by atoms with Gasteiger partial charge in [-0.05, 0) is 48.7 Å². The molecule has 3 amide bonds. The van der Waals surface area contributed by atoms with Crippen molar-refractivity contribution < 1.29 is 19.1 Å². The number of methoxy groups -OCH3 is 1. The monoisotopic (exact) mass is 533 g/mol. The zero-order chi connectivity index (χ0) is 27.2. The number of ether oxygens (including phenoxy) is 1. The van der Waals surface area contributed by atoms with E-state index in [1.165, 1.54) is 0 Å². The van der Waals surface area contributed by atoms with Crippen molar-refractivity contribution in [3.8, 4) is 5.75 Å². The molecule has 9 nitrogen and oxygen atoms in total. The zero-order valence-corrected chi connectivity index (χ0v) is 22.8. The van der Waals surface area contributed by atoms with E-state index in [-0.39, 0.29) is 23.6 Å². The summed E-state index contributed by atoms with van der Waals surface area (Å²) in [6.07, 6.45) is 4.35. The minimum atomic E-state index is -0.00615. The van der Waals surface area contributed by atoms with Crippen molar-refractivity contribution >= 4 is 29.1 Å². The number of carbonyl (C=O) groups is 3. The number of anilines is 2. The standard InChI is InChI=1S/C30H39N5O4/c1-39-25-9-6-22(7-10-25)20-28(36)34-18-16-33(17-19-34)27-11-8-24(30(38)35-14-12-31-13-15-35)21-26(27)32-29(37)23-4-2-3-5-23/h6-11,21,23,31H,2-5,12-20H2,1H3,(H,32,37). The third-order valence-corrected chi connectivity index (χ3v) is 8.12. The van der Waals surface area contributed by atoms with Gasteiger partial charge in [-0.25, -0.2) is 0 Å². The van der Waals surface area contributed by atoms with Gasteiger partial charge in [-0.15, -0.1) is 0 Å². The van der Waals surface area contributed by atoms with E-state index < -0.39 is 0 Å². The summed E-state index contributed by atoms with van der Waals surface area (Å²) in [5.41, 5.74) is 3.15. The number of rotatable bonds is 7. The van der Waals surface area contributed by atoms with Crippen LogP contribution in [-0.2, 0) is 16.0 Å². The summed E-state index contributed by atoms with van der Waals surface area (Å²) in [5, 5.41) is 6.45. The first-order chi connectivity index (χ1) is 19.0. The number of piperazine rings is 2. The quantitative estimate of drug-likeness (QED) is 0.569. The van der Waals surface area contributed by atoms with Crippen LogP contribution in [0.1, 0.15) is 41.6 Å². The number of nitrogens with zero attached hydrogens (tertiary/aromatic N) is 3. The largest absolute Gasteiger partial charge is 0.497 e. The topological polar surface area (TPSA) is 94.2 Å². The van der Waals surface area contributed by atoms with Crippen molar-refractivity contribution in [1.82, 2.24) is 15.1 Å². The summed E-state index contributed by atoms with van der Waals surface area (Å²) in [5.74, 6) is 0.933. The molecule has 2 aromatic rings. The Morgan fingerprint density at radius 3 is 2.26 bits per heavy atom. The molecule has 0 spiro atoms. The second kappa shape index (κ2) is 12.5. The Labute approximate surface area is 230 Å². The Kier molecular flexibility index (Phi) is 8.66. The molecule has 5 rings (SSSR count). The summed E-state index contributed by atoms with van der Waals surface area (Å²) in [7, 11) is 1.63. The maximum Gasteiger partial charge on any atom is 0.254 e. The van der Waals surface area contributed by atoms with Gasteiger partial charge in [0.2, 0.25) is 11.8 Å². The molecule has 0 radical (unpaired) electrons. The highest BCUT2D eigenvalue weighted by molar-refractivity contribution is 6.00. The smallest absolute Gasteiger partial charge is 0.254 e. The molecule has 208 valence electrons. The molecule has 3 aliphatic rings. The van der Waals surface area contributed by atoms with Gasteiger partial charge in [0.25, 0.3) is 5.91 Å². The molecule has 1 saturated carbocycles. The van der Waals surface area contributed by atoms with E-state index in [0.717, 1.165) is 55.8 Å². The molecular formula is C30H39N5O4. The minimum absolute atomic E-state index is 0.00615. The van der Waals surface area contributed by atoms with Crippen LogP contribution in [0.2, 0.25) is 0 Å². The van der Waals surface area contributed by atoms with Gasteiger partial charge in [0, 0.05) is 63.8 Å². The van der Waals surface area contributed by atoms with E-state index in [2.05, 4.69) is 15.5 Å². The van der Waals surface area contributed by atoms with E-state index in [0.29, 0.717) is 56.9 Å². The van der Waals surface area contributed by atoms with Crippen molar-refractivity contribution in [1.29, 1.82) is 0 Å². The highest BCUT2D eigenvalue weighted by Gasteiger charge is 2.27. The lowest BCUT2D eigenvalue weighted by atomic mass is 10.1. The Balaban J connectivity index is 1.27. The highest BCUT2D eigenvalue weighted by Crippen LogP contribution is 2.32. The molecule has 2 N–H and O–H groups in total. The predicted octanol–water partition coefficient (Wildman–Crippen LogP) is 2.76. The van der Waals surface area contributed by atoms with Gasteiger partial charge in [0.1, 0.15) is 5.75 Å². The van der Waals surface area contributed by atoms with Crippen LogP contribution < -0.4 is 20.3 Å². The van der Waals surface area contributed by atoms with Gasteiger partial charge in [-0.1, -0.05) is 25.0 Å². The van der Waals surface area contributed by atoms with Gasteiger partial charge in [0.05, 0.1) is 24.9 Å². The first kappa shape index (κ1) is 27.0. The van der Waals surface area contributed by atoms with Crippen LogP contribution in [0.25, 0.3) is 0 Å². The van der Waals surface area contributed by atoms with E-state index in [1.54, 1.807) is 7.11 Å². The van der Waals surface area contributed by atoms with E-state index >= 15 is 0 Å². The van der Waals surface area contributed by atoms with Crippen LogP contribution in [0.15, 0.2) is 42.5 Å². The van der Waals surface area contributed by atoms with Gasteiger partial charge in [0.15, 0.2) is 0 Å². The fraction of sp³-hybridized carbons (Fsp3) is 0.500. The second-order valence-corrected chi connectivity index (χ2v) is 10.6. The van der Waals surface area contributed by atoms with E-state index in [9.17, 15) is 14.4 Å². The van der Waals surface area contributed by atoms with Gasteiger partial charge in [-0.2, -0.15) is 0 Å². The molecular weight excluding hydrogens is 494 g/mol. The third-order valence-electron chi connectivity index (χ3n) is 8.12. The maximum absolute atomic E-state index is 13.2. The Morgan fingerprint density at radius 2 is 1.59 bits per heavy atom. The normalized spacial score (nSPS) is 18.2.